The first-order valence-corrected chi connectivity index (χ1v) is 28.9. The Labute approximate surface area is 490 Å². The molecule has 84 heavy (non-hydrogen) atoms. The van der Waals surface area contributed by atoms with Crippen LogP contribution in [0.2, 0.25) is 0 Å². The van der Waals surface area contributed by atoms with Gasteiger partial charge in [-0.1, -0.05) is 63.9 Å². The van der Waals surface area contributed by atoms with Gasteiger partial charge in [-0.3, -0.25) is 38.9 Å². The molecule has 4 aromatic rings. The summed E-state index contributed by atoms with van der Waals surface area (Å²) in [6.07, 6.45) is -4.85. The average molecular weight is 1170 g/mol. The SMILES string of the molecule is CO[C@@H](C)c1ncc(N2CCN(C)CC2)cc1-c1c2c3cc(ccc3n1CC(F)(F)F)-c1cccc(c1)CC(NC(=O)[C@H](C(C)C)N(C)C(=O)C1(F)CCN(C(=O)C#CC(C)(C)N(C)C)CC1)C(=O)N1CCC[C@H](ON1)C(=O)OCC(C)(C)C2. The summed E-state index contributed by atoms with van der Waals surface area (Å²) in [5.41, 5.74) is 3.58. The monoisotopic (exact) mass is 1170 g/mol. The number of likely N-dealkylation sites (N-methyl/N-ethyl adjacent to an activating group) is 2. The highest BCUT2D eigenvalue weighted by Crippen LogP contribution is 2.44. The highest BCUT2D eigenvalue weighted by Gasteiger charge is 2.48. The molecule has 4 aliphatic rings. The second-order valence-corrected chi connectivity index (χ2v) is 24.9. The maximum atomic E-state index is 16.9. The number of piperazine rings is 1. The number of fused-ring (bicyclic) bond motifs is 7. The third-order valence-corrected chi connectivity index (χ3v) is 17.0. The number of likely N-dealkylation sites (tertiary alicyclic amines) is 1. The maximum Gasteiger partial charge on any atom is 0.406 e. The summed E-state index contributed by atoms with van der Waals surface area (Å²) < 4.78 is 75.5. The van der Waals surface area contributed by atoms with Crippen molar-refractivity contribution in [3.05, 3.63) is 71.5 Å². The van der Waals surface area contributed by atoms with Crippen molar-refractivity contribution in [3.63, 3.8) is 0 Å². The summed E-state index contributed by atoms with van der Waals surface area (Å²) in [5, 5.41) is 4.62. The van der Waals surface area contributed by atoms with Crippen LogP contribution in [0.3, 0.4) is 0 Å². The molecule has 4 amide bonds. The molecule has 3 fully saturated rings. The molecule has 8 rings (SSSR count). The van der Waals surface area contributed by atoms with Crippen LogP contribution in [0.1, 0.15) is 97.1 Å². The van der Waals surface area contributed by atoms with Gasteiger partial charge in [-0.05, 0) is 113 Å². The zero-order chi connectivity index (χ0) is 61.2. The number of anilines is 1. The smallest absolute Gasteiger partial charge is 0.406 e. The molecule has 0 radical (unpaired) electrons. The van der Waals surface area contributed by atoms with E-state index in [2.05, 4.69) is 32.5 Å². The van der Waals surface area contributed by atoms with E-state index in [0.29, 0.717) is 63.2 Å². The number of hydrazine groups is 1. The number of halogens is 4. The predicted molar refractivity (Wildman–Crippen MR) is 311 cm³/mol. The third-order valence-electron chi connectivity index (χ3n) is 17.0. The number of nitrogens with zero attached hydrogens (tertiary/aromatic N) is 8. The number of benzene rings is 2. The largest absolute Gasteiger partial charge is 0.463 e. The van der Waals surface area contributed by atoms with Crippen molar-refractivity contribution in [1.29, 1.82) is 0 Å². The molecule has 0 spiro atoms. The molecule has 4 aliphatic heterocycles. The zero-order valence-electron chi connectivity index (χ0n) is 50.5. The molecule has 6 bridgehead atoms. The Balaban J connectivity index is 1.18. The summed E-state index contributed by atoms with van der Waals surface area (Å²) in [6, 6.07) is 11.9. The van der Waals surface area contributed by atoms with Gasteiger partial charge in [-0.25, -0.2) is 9.18 Å². The van der Waals surface area contributed by atoms with Crippen LogP contribution >= 0.6 is 0 Å². The summed E-state index contributed by atoms with van der Waals surface area (Å²) >= 11 is 0. The second kappa shape index (κ2) is 25.5. The van der Waals surface area contributed by atoms with Crippen molar-refractivity contribution in [2.45, 2.75) is 135 Å². The van der Waals surface area contributed by atoms with Crippen LogP contribution in [0.4, 0.5) is 23.2 Å². The number of rotatable bonds is 11. The number of esters is 1. The van der Waals surface area contributed by atoms with E-state index in [0.717, 1.165) is 23.7 Å². The lowest BCUT2D eigenvalue weighted by molar-refractivity contribution is -0.180. The van der Waals surface area contributed by atoms with Gasteiger partial charge in [0, 0.05) is 101 Å². The van der Waals surface area contributed by atoms with Gasteiger partial charge in [-0.2, -0.15) is 13.2 Å². The summed E-state index contributed by atoms with van der Waals surface area (Å²) in [5.74, 6) is 1.55. The van der Waals surface area contributed by atoms with E-state index in [9.17, 15) is 24.0 Å². The number of piperidine rings is 1. The molecule has 6 heterocycles. The minimum Gasteiger partial charge on any atom is -0.463 e. The molecular formula is C62H82F4N10O8. The van der Waals surface area contributed by atoms with E-state index in [-0.39, 0.29) is 64.8 Å². The molecule has 456 valence electrons. The van der Waals surface area contributed by atoms with E-state index >= 15 is 17.6 Å². The van der Waals surface area contributed by atoms with Crippen LogP contribution in [0.5, 0.6) is 0 Å². The topological polar surface area (TPSA) is 174 Å². The third kappa shape index (κ3) is 14.4. The first kappa shape index (κ1) is 63.4. The van der Waals surface area contributed by atoms with Gasteiger partial charge in [-0.15, -0.1) is 5.59 Å². The summed E-state index contributed by atoms with van der Waals surface area (Å²) in [7, 11) is 8.61. The summed E-state index contributed by atoms with van der Waals surface area (Å²) in [6.45, 7) is 14.1. The number of aromatic nitrogens is 2. The second-order valence-electron chi connectivity index (χ2n) is 24.9. The number of ether oxygens (including phenoxy) is 2. The van der Waals surface area contributed by atoms with E-state index in [1.807, 2.05) is 84.9 Å². The van der Waals surface area contributed by atoms with Gasteiger partial charge in [0.25, 0.3) is 17.7 Å². The van der Waals surface area contributed by atoms with Crippen molar-refractivity contribution >= 4 is 46.2 Å². The van der Waals surface area contributed by atoms with E-state index in [4.69, 9.17) is 19.3 Å². The van der Waals surface area contributed by atoms with E-state index < -0.39 is 89.2 Å². The number of alkyl halides is 4. The van der Waals surface area contributed by atoms with Crippen LogP contribution in [-0.4, -0.2) is 187 Å². The van der Waals surface area contributed by atoms with Crippen molar-refractivity contribution in [2.75, 3.05) is 92.6 Å². The number of nitrogens with one attached hydrogen (secondary N) is 2. The van der Waals surface area contributed by atoms with Gasteiger partial charge in [0.1, 0.15) is 18.6 Å². The van der Waals surface area contributed by atoms with E-state index in [1.165, 1.54) is 28.6 Å². The lowest BCUT2D eigenvalue weighted by Gasteiger charge is -2.39. The van der Waals surface area contributed by atoms with Crippen LogP contribution in [0.25, 0.3) is 33.3 Å². The summed E-state index contributed by atoms with van der Waals surface area (Å²) in [4.78, 5) is 90.6. The Morgan fingerprint density at radius 1 is 0.952 bits per heavy atom. The van der Waals surface area contributed by atoms with Gasteiger partial charge < -0.3 is 39.0 Å². The maximum absolute atomic E-state index is 16.9. The zero-order valence-corrected chi connectivity index (χ0v) is 50.5. The Morgan fingerprint density at radius 2 is 1.64 bits per heavy atom. The Kier molecular flexibility index (Phi) is 19.3. The number of amides is 4. The van der Waals surface area contributed by atoms with Crippen LogP contribution in [-0.2, 0) is 57.7 Å². The standard InChI is InChI=1S/C62H82F4N10O8/c1-39(2)53(72(11)58(81)61(63)22-25-74(26-23-61)51(77)20-21-60(6,7)70(8)9)55(78)68-48-32-41-15-13-16-42(31-41)43-18-19-49-45(33-43)47(35-59(4,5)38-83-57(80)50-17-14-24-76(56(48)79)69-84-50)54(75(49)37-62(64,65)66)46-34-44(36-67-52(46)40(3)82-12)73-29-27-71(10)28-30-73/h13,15-16,18-19,31,33-34,36,39-40,48,50,53,69H,14,17,22-30,32,35,37-38H2,1-12H3,(H,68,78)/t40-,48?,50-,53-/m0/s1. The molecule has 3 saturated heterocycles. The molecule has 2 N–H and O–H groups in total. The lowest BCUT2D eigenvalue weighted by Crippen LogP contribution is -2.61. The molecule has 0 aliphatic carbocycles. The van der Waals surface area contributed by atoms with Gasteiger partial charge in [0.05, 0.1) is 41.5 Å². The Bertz CT molecular complexity index is 3150. The van der Waals surface area contributed by atoms with Crippen molar-refractivity contribution in [3.8, 4) is 34.2 Å². The fourth-order valence-corrected chi connectivity index (χ4v) is 11.4. The number of carbonyl (C=O) groups excluding carboxylic acids is 5. The molecular weight excluding hydrogens is 1090 g/mol. The number of hydrogen-bond acceptors (Lipinski definition) is 13. The molecule has 22 heteroatoms. The normalized spacial score (nSPS) is 20.8. The Hall–Kier alpha value is -6.64. The first-order chi connectivity index (χ1) is 39.5. The number of pyridine rings is 1. The van der Waals surface area contributed by atoms with Crippen molar-refractivity contribution < 1.29 is 55.8 Å². The van der Waals surface area contributed by atoms with Crippen LogP contribution < -0.4 is 15.8 Å². The lowest BCUT2D eigenvalue weighted by atomic mass is 9.84. The highest BCUT2D eigenvalue weighted by molar-refractivity contribution is 5.97. The van der Waals surface area contributed by atoms with Crippen molar-refractivity contribution in [1.82, 2.24) is 45.1 Å². The number of carbonyl (C=O) groups is 5. The minimum absolute atomic E-state index is 0.0599. The van der Waals surface area contributed by atoms with Crippen LogP contribution in [0, 0.1) is 23.2 Å². The van der Waals surface area contributed by atoms with Gasteiger partial charge in [0.2, 0.25) is 5.91 Å². The minimum atomic E-state index is -4.65. The average Bonchev–Trinajstić information content (AvgIpc) is 2.44. The molecule has 2 aromatic heterocycles. The molecule has 4 atom stereocenters. The molecule has 2 aromatic carbocycles. The fourth-order valence-electron chi connectivity index (χ4n) is 11.4. The van der Waals surface area contributed by atoms with Gasteiger partial charge >= 0.3 is 12.1 Å². The Morgan fingerprint density at radius 3 is 2.30 bits per heavy atom. The molecule has 1 unspecified atom stereocenters. The van der Waals surface area contributed by atoms with Crippen molar-refractivity contribution in [2.24, 2.45) is 11.3 Å². The molecule has 18 nitrogen and oxygen atoms in total. The van der Waals surface area contributed by atoms with Crippen LogP contribution in [0.15, 0.2) is 54.7 Å². The number of cyclic esters (lactones) is 1. The number of hydrogen-bond donors (Lipinski definition) is 2. The quantitative estimate of drug-likeness (QED) is 0.0883. The number of methoxy groups -OCH3 is 1. The van der Waals surface area contributed by atoms with E-state index in [1.54, 1.807) is 44.3 Å². The molecule has 0 saturated carbocycles. The fraction of sp³-hybridized carbons (Fsp3) is 0.581. The first-order valence-electron chi connectivity index (χ1n) is 28.9. The predicted octanol–water partition coefficient (Wildman–Crippen LogP) is 7.13. The van der Waals surface area contributed by atoms with Gasteiger partial charge in [0.15, 0.2) is 11.8 Å². The highest BCUT2D eigenvalue weighted by atomic mass is 19.4.